The lowest BCUT2D eigenvalue weighted by Gasteiger charge is -2.26. The molecular formula is C44H47N3O13S4. The fourth-order valence-electron chi connectivity index (χ4n) is 8.91. The van der Waals surface area contributed by atoms with Gasteiger partial charge in [-0.05, 0) is 92.4 Å². The maximum atomic E-state index is 12.4. The third kappa shape index (κ3) is 9.17. The monoisotopic (exact) mass is 953 g/mol. The third-order valence-electron chi connectivity index (χ3n) is 11.7. The molecule has 0 bridgehead atoms. The summed E-state index contributed by atoms with van der Waals surface area (Å²) in [5.41, 5.74) is 2.04. The Balaban J connectivity index is 1.42. The SMILES string of the molecule is C#CCNC(=O)CCCCC[N+]1=C(/C=C/C=C/C=C2\N(CC)c3ccc4c(S(=O)(=O)O)cc(S(=O)(=O)O)cc4c3C2(C)C)C(C)(C)c2c1ccc1c(S(=O)(=O)[O-])cc(S(=O)(=O)O)cc21. The number of allylic oxidation sites excluding steroid dienone is 6. The van der Waals surface area contributed by atoms with Crippen molar-refractivity contribution in [2.24, 2.45) is 0 Å². The van der Waals surface area contributed by atoms with E-state index in [0.717, 1.165) is 17.5 Å². The van der Waals surface area contributed by atoms with Crippen molar-refractivity contribution in [1.29, 1.82) is 0 Å². The second-order valence-electron chi connectivity index (χ2n) is 16.5. The number of nitrogens with one attached hydrogen (secondary N) is 1. The molecule has 16 nitrogen and oxygen atoms in total. The first-order valence-corrected chi connectivity index (χ1v) is 25.7. The van der Waals surface area contributed by atoms with Crippen LogP contribution in [0.15, 0.2) is 104 Å². The van der Waals surface area contributed by atoms with Crippen LogP contribution in [0.5, 0.6) is 0 Å². The highest BCUT2D eigenvalue weighted by molar-refractivity contribution is 7.87. The van der Waals surface area contributed by atoms with Crippen LogP contribution in [0.25, 0.3) is 21.5 Å². The van der Waals surface area contributed by atoms with Crippen LogP contribution in [-0.4, -0.2) is 87.7 Å². The summed E-state index contributed by atoms with van der Waals surface area (Å²) in [6, 6.07) is 9.96. The average Bonchev–Trinajstić information content (AvgIpc) is 3.55. The first-order valence-electron chi connectivity index (χ1n) is 19.9. The molecule has 0 aliphatic carbocycles. The normalized spacial score (nSPS) is 16.9. The van der Waals surface area contributed by atoms with Crippen LogP contribution in [0, 0.1) is 12.3 Å². The van der Waals surface area contributed by atoms with Gasteiger partial charge in [0.15, 0.2) is 5.71 Å². The number of carbonyl (C=O) groups is 1. The standard InChI is InChI=1S/C44H47N3O13S4/c1-7-22-45-40(48)17-13-10-14-23-47-35-21-19-31-33(25-29(62(52,53)54)27-37(31)64(58,59)60)42(35)44(5,6)39(47)16-12-9-11-15-38-43(3,4)41-32-24-28(61(49,50)51)26-36(63(55,56)57)30(32)18-20-34(41)46(38)8-2/h1,9,11-12,15-16,18-21,24-27H,8,10,13-14,17,22-23H2,2-6H3,(H4-,45,48,49,50,51,52,53,54,55,56,57,58,59,60). The van der Waals surface area contributed by atoms with E-state index in [2.05, 4.69) is 11.2 Å². The molecule has 2 aliphatic heterocycles. The van der Waals surface area contributed by atoms with Crippen LogP contribution in [0.3, 0.4) is 0 Å². The first-order chi connectivity index (χ1) is 29.6. The number of rotatable bonds is 15. The van der Waals surface area contributed by atoms with E-state index in [9.17, 15) is 56.7 Å². The quantitative estimate of drug-likeness (QED) is 0.0344. The predicted molar refractivity (Wildman–Crippen MR) is 241 cm³/mol. The summed E-state index contributed by atoms with van der Waals surface area (Å²) < 4.78 is 143. The topological polar surface area (TPSA) is 256 Å². The van der Waals surface area contributed by atoms with Crippen LogP contribution in [0.4, 0.5) is 11.4 Å². The van der Waals surface area contributed by atoms with Gasteiger partial charge >= 0.3 is 0 Å². The molecule has 4 aromatic carbocycles. The number of unbranched alkanes of at least 4 members (excludes halogenated alkanes) is 2. The van der Waals surface area contributed by atoms with Crippen molar-refractivity contribution < 1.29 is 61.3 Å². The molecule has 0 unspecified atom stereocenters. The molecule has 0 radical (unpaired) electrons. The largest absolute Gasteiger partial charge is 0.744 e. The molecule has 2 heterocycles. The summed E-state index contributed by atoms with van der Waals surface area (Å²) in [4.78, 5) is 11.2. The molecule has 1 amide bonds. The van der Waals surface area contributed by atoms with Crippen molar-refractivity contribution in [3.05, 3.63) is 95.7 Å². The molecule has 0 fully saturated rings. The summed E-state index contributed by atoms with van der Waals surface area (Å²) in [6.45, 7) is 10.4. The molecule has 0 spiro atoms. The Bertz CT molecular complexity index is 3270. The van der Waals surface area contributed by atoms with Gasteiger partial charge in [-0.25, -0.2) is 8.42 Å². The van der Waals surface area contributed by atoms with Crippen LogP contribution < -0.4 is 10.2 Å². The Kier molecular flexibility index (Phi) is 13.0. The van der Waals surface area contributed by atoms with Crippen molar-refractivity contribution in [3.8, 4) is 12.3 Å². The fraction of sp³-hybridized carbons (Fsp3) is 0.318. The van der Waals surface area contributed by atoms with Crippen LogP contribution >= 0.6 is 0 Å². The maximum absolute atomic E-state index is 12.4. The number of anilines is 1. The number of likely N-dealkylation sites (N-methyl/N-ethyl adjacent to an activating group) is 1. The van der Waals surface area contributed by atoms with Gasteiger partial charge in [0.05, 0.1) is 26.6 Å². The van der Waals surface area contributed by atoms with Gasteiger partial charge in [0.1, 0.15) is 21.6 Å². The van der Waals surface area contributed by atoms with E-state index < -0.39 is 70.9 Å². The van der Waals surface area contributed by atoms with Gasteiger partial charge in [0.25, 0.3) is 30.4 Å². The smallest absolute Gasteiger partial charge is 0.295 e. The minimum absolute atomic E-state index is 0.0132. The van der Waals surface area contributed by atoms with E-state index in [0.29, 0.717) is 67.0 Å². The Hall–Kier alpha value is -5.24. The molecule has 4 N–H and O–H groups in total. The molecule has 0 aromatic heterocycles. The molecule has 0 saturated heterocycles. The van der Waals surface area contributed by atoms with Gasteiger partial charge in [-0.2, -0.15) is 29.8 Å². The third-order valence-corrected chi connectivity index (χ3v) is 15.1. The first kappa shape index (κ1) is 48.2. The van der Waals surface area contributed by atoms with E-state index in [1.54, 1.807) is 30.4 Å². The lowest BCUT2D eigenvalue weighted by Crippen LogP contribution is -2.28. The lowest BCUT2D eigenvalue weighted by molar-refractivity contribution is -0.438. The number of fused-ring (bicyclic) bond motifs is 6. The number of carbonyl (C=O) groups excluding carboxylic acids is 1. The number of amides is 1. The minimum Gasteiger partial charge on any atom is -0.744 e. The second-order valence-corrected chi connectivity index (χ2v) is 22.0. The molecule has 0 saturated carbocycles. The van der Waals surface area contributed by atoms with Crippen molar-refractivity contribution in [3.63, 3.8) is 0 Å². The van der Waals surface area contributed by atoms with E-state index >= 15 is 0 Å². The van der Waals surface area contributed by atoms with Gasteiger partial charge < -0.3 is 14.8 Å². The minimum atomic E-state index is -5.20. The Morgan fingerprint density at radius 3 is 1.94 bits per heavy atom. The number of hydrogen-bond donors (Lipinski definition) is 4. The van der Waals surface area contributed by atoms with E-state index in [4.69, 9.17) is 6.42 Å². The maximum Gasteiger partial charge on any atom is 0.295 e. The predicted octanol–water partition coefficient (Wildman–Crippen LogP) is 6.14. The van der Waals surface area contributed by atoms with Gasteiger partial charge in [0, 0.05) is 64.7 Å². The van der Waals surface area contributed by atoms with Crippen molar-refractivity contribution in [1.82, 2.24) is 5.32 Å². The van der Waals surface area contributed by atoms with E-state index in [1.165, 1.54) is 18.2 Å². The molecule has 4 aromatic rings. The van der Waals surface area contributed by atoms with Crippen molar-refractivity contribution in [2.75, 3.05) is 24.5 Å². The van der Waals surface area contributed by atoms with Crippen LogP contribution in [0.1, 0.15) is 71.4 Å². The zero-order valence-electron chi connectivity index (χ0n) is 35.5. The number of nitrogens with zero attached hydrogens (tertiary/aromatic N) is 2. The van der Waals surface area contributed by atoms with Crippen LogP contribution in [0.2, 0.25) is 0 Å². The Labute approximate surface area is 373 Å². The molecule has 6 rings (SSSR count). The summed E-state index contributed by atoms with van der Waals surface area (Å²) in [6.07, 6.45) is 16.3. The molecule has 2 aliphatic rings. The average molecular weight is 954 g/mol. The van der Waals surface area contributed by atoms with E-state index in [-0.39, 0.29) is 40.4 Å². The zero-order valence-corrected chi connectivity index (χ0v) is 38.8. The number of hydrogen-bond acceptors (Lipinski definition) is 11. The molecule has 20 heteroatoms. The number of terminal acetylenes is 1. The Morgan fingerprint density at radius 1 is 0.766 bits per heavy atom. The number of benzene rings is 4. The summed E-state index contributed by atoms with van der Waals surface area (Å²) in [5.74, 6) is 2.18. The van der Waals surface area contributed by atoms with Gasteiger partial charge in [0.2, 0.25) is 11.6 Å². The van der Waals surface area contributed by atoms with E-state index in [1.807, 2.05) is 56.2 Å². The highest BCUT2D eigenvalue weighted by Gasteiger charge is 2.46. The second kappa shape index (κ2) is 17.3. The zero-order chi connectivity index (χ0) is 47.4. The van der Waals surface area contributed by atoms with Crippen molar-refractivity contribution >= 4 is 85.0 Å². The van der Waals surface area contributed by atoms with Gasteiger partial charge in [-0.3, -0.25) is 18.5 Å². The summed E-state index contributed by atoms with van der Waals surface area (Å²) in [5, 5.41) is 3.04. The fourth-order valence-corrected chi connectivity index (χ4v) is 11.6. The molecular weight excluding hydrogens is 907 g/mol. The molecule has 340 valence electrons. The lowest BCUT2D eigenvalue weighted by atomic mass is 9.79. The van der Waals surface area contributed by atoms with Gasteiger partial charge in [-0.1, -0.05) is 44.1 Å². The highest BCUT2D eigenvalue weighted by atomic mass is 32.2. The summed E-state index contributed by atoms with van der Waals surface area (Å²) in [7, 11) is -19.9. The van der Waals surface area contributed by atoms with Gasteiger partial charge in [-0.15, -0.1) is 6.42 Å². The highest BCUT2D eigenvalue weighted by Crippen LogP contribution is 2.52. The molecule has 64 heavy (non-hydrogen) atoms. The molecule has 0 atom stereocenters. The summed E-state index contributed by atoms with van der Waals surface area (Å²) >= 11 is 0. The van der Waals surface area contributed by atoms with Crippen LogP contribution in [-0.2, 0) is 56.1 Å². The Morgan fingerprint density at radius 2 is 1.36 bits per heavy atom. The van der Waals surface area contributed by atoms with Crippen molar-refractivity contribution in [2.45, 2.75) is 90.7 Å².